The lowest BCUT2D eigenvalue weighted by molar-refractivity contribution is -0.115. The van der Waals surface area contributed by atoms with Crippen LogP contribution in [0.5, 0.6) is 0 Å². The summed E-state index contributed by atoms with van der Waals surface area (Å²) in [6.07, 6.45) is 3.22. The molecular formula is C17H16N4O2S. The zero-order chi connectivity index (χ0) is 17.1. The number of hydrogen-bond donors (Lipinski definition) is 1. The number of para-hydroxylation sites is 1. The van der Waals surface area contributed by atoms with E-state index in [1.165, 1.54) is 16.3 Å². The zero-order valence-corrected chi connectivity index (χ0v) is 14.1. The molecule has 1 aromatic carbocycles. The van der Waals surface area contributed by atoms with Crippen LogP contribution < -0.4 is 10.9 Å². The molecule has 24 heavy (non-hydrogen) atoms. The molecule has 0 aliphatic heterocycles. The Morgan fingerprint density at radius 2 is 2.04 bits per heavy atom. The number of fused-ring (bicyclic) bond motifs is 1. The van der Waals surface area contributed by atoms with E-state index in [2.05, 4.69) is 15.3 Å². The van der Waals surface area contributed by atoms with Gasteiger partial charge in [0.25, 0.3) is 5.56 Å². The number of nitrogens with zero attached hydrogens (tertiary/aromatic N) is 3. The Morgan fingerprint density at radius 1 is 1.25 bits per heavy atom. The number of aromatic nitrogens is 3. The fraction of sp³-hybridized carbons (Fsp3) is 0.176. The number of carbonyl (C=O) groups is 1. The van der Waals surface area contributed by atoms with Crippen molar-refractivity contribution < 1.29 is 4.79 Å². The van der Waals surface area contributed by atoms with Gasteiger partial charge in [0, 0.05) is 13.2 Å². The van der Waals surface area contributed by atoms with E-state index >= 15 is 0 Å². The van der Waals surface area contributed by atoms with E-state index in [4.69, 9.17) is 0 Å². The van der Waals surface area contributed by atoms with Crippen molar-refractivity contribution in [2.75, 3.05) is 5.32 Å². The lowest BCUT2D eigenvalue weighted by atomic mass is 10.2. The normalized spacial score (nSPS) is 12.1. The Labute approximate surface area is 142 Å². The molecule has 3 aromatic rings. The fourth-order valence-corrected chi connectivity index (χ4v) is 3.07. The molecule has 0 fully saturated rings. The minimum absolute atomic E-state index is 0.122. The number of carbonyl (C=O) groups excluding carboxylic acids is 1. The van der Waals surface area contributed by atoms with Gasteiger partial charge in [-0.2, -0.15) is 0 Å². The lowest BCUT2D eigenvalue weighted by Crippen LogP contribution is -2.25. The molecule has 6 nitrogen and oxygen atoms in total. The highest BCUT2D eigenvalue weighted by Crippen LogP contribution is 2.22. The van der Waals surface area contributed by atoms with Gasteiger partial charge in [-0.15, -0.1) is 0 Å². The van der Waals surface area contributed by atoms with Gasteiger partial charge in [-0.1, -0.05) is 23.9 Å². The van der Waals surface area contributed by atoms with Gasteiger partial charge in [0.2, 0.25) is 5.91 Å². The summed E-state index contributed by atoms with van der Waals surface area (Å²) in [6, 6.07) is 10.7. The monoisotopic (exact) mass is 340 g/mol. The Morgan fingerprint density at radius 3 is 2.79 bits per heavy atom. The van der Waals surface area contributed by atoms with Crippen LogP contribution in [-0.4, -0.2) is 25.7 Å². The van der Waals surface area contributed by atoms with Crippen molar-refractivity contribution in [3.05, 3.63) is 59.1 Å². The highest BCUT2D eigenvalue weighted by molar-refractivity contribution is 8.00. The van der Waals surface area contributed by atoms with E-state index in [-0.39, 0.29) is 11.5 Å². The van der Waals surface area contributed by atoms with Crippen LogP contribution in [0.15, 0.2) is 58.7 Å². The van der Waals surface area contributed by atoms with Crippen molar-refractivity contribution >= 4 is 34.3 Å². The van der Waals surface area contributed by atoms with Crippen molar-refractivity contribution in [3.8, 4) is 0 Å². The molecule has 7 heteroatoms. The van der Waals surface area contributed by atoms with Crippen LogP contribution in [0.2, 0.25) is 0 Å². The largest absolute Gasteiger partial charge is 0.324 e. The summed E-state index contributed by atoms with van der Waals surface area (Å²) >= 11 is 1.25. The van der Waals surface area contributed by atoms with Gasteiger partial charge >= 0.3 is 0 Å². The maximum absolute atomic E-state index is 12.4. The molecular weight excluding hydrogens is 324 g/mol. The standard InChI is InChI=1S/C17H16N4O2S/c1-11(15(22)19-12-6-5-9-18-10-12)24-17-20-14-8-4-3-7-13(14)16(23)21(17)2/h3-11H,1-2H3,(H,19,22). The number of rotatable bonds is 4. The van der Waals surface area contributed by atoms with Crippen LogP contribution in [0.1, 0.15) is 6.92 Å². The molecule has 1 N–H and O–H groups in total. The lowest BCUT2D eigenvalue weighted by Gasteiger charge is -2.14. The summed E-state index contributed by atoms with van der Waals surface area (Å²) in [6.45, 7) is 1.78. The molecule has 1 amide bonds. The third-order valence-corrected chi connectivity index (χ3v) is 4.67. The average molecular weight is 340 g/mol. The van der Waals surface area contributed by atoms with E-state index in [9.17, 15) is 9.59 Å². The molecule has 0 aliphatic rings. The highest BCUT2D eigenvalue weighted by atomic mass is 32.2. The molecule has 0 saturated heterocycles. The van der Waals surface area contributed by atoms with Crippen molar-refractivity contribution in [1.82, 2.24) is 14.5 Å². The van der Waals surface area contributed by atoms with E-state index in [0.717, 1.165) is 0 Å². The summed E-state index contributed by atoms with van der Waals surface area (Å²) < 4.78 is 1.47. The quantitative estimate of drug-likeness (QED) is 0.583. The minimum Gasteiger partial charge on any atom is -0.324 e. The summed E-state index contributed by atoms with van der Waals surface area (Å²) in [5.41, 5.74) is 1.14. The first-order valence-electron chi connectivity index (χ1n) is 7.39. The molecule has 3 rings (SSSR count). The highest BCUT2D eigenvalue weighted by Gasteiger charge is 2.18. The Kier molecular flexibility index (Phi) is 4.61. The number of hydrogen-bond acceptors (Lipinski definition) is 5. The Balaban J connectivity index is 1.82. The fourth-order valence-electron chi connectivity index (χ4n) is 2.20. The molecule has 0 bridgehead atoms. The van der Waals surface area contributed by atoms with Crippen molar-refractivity contribution in [2.45, 2.75) is 17.3 Å². The van der Waals surface area contributed by atoms with Gasteiger partial charge in [0.15, 0.2) is 5.16 Å². The van der Waals surface area contributed by atoms with Crippen LogP contribution in [0, 0.1) is 0 Å². The summed E-state index contributed by atoms with van der Waals surface area (Å²) in [5, 5.41) is 3.46. The van der Waals surface area contributed by atoms with Gasteiger partial charge in [-0.3, -0.25) is 19.1 Å². The van der Waals surface area contributed by atoms with Crippen LogP contribution in [0.3, 0.4) is 0 Å². The number of benzene rings is 1. The number of anilines is 1. The zero-order valence-electron chi connectivity index (χ0n) is 13.3. The number of pyridine rings is 1. The minimum atomic E-state index is -0.413. The SMILES string of the molecule is CC(Sc1nc2ccccc2c(=O)n1C)C(=O)Nc1cccnc1. The number of nitrogens with one attached hydrogen (secondary N) is 1. The molecule has 1 unspecified atom stereocenters. The van der Waals surface area contributed by atoms with Crippen molar-refractivity contribution in [2.24, 2.45) is 7.05 Å². The number of thioether (sulfide) groups is 1. The molecule has 122 valence electrons. The van der Waals surface area contributed by atoms with Crippen LogP contribution in [0.4, 0.5) is 5.69 Å². The maximum atomic E-state index is 12.4. The van der Waals surface area contributed by atoms with Crippen molar-refractivity contribution in [3.63, 3.8) is 0 Å². The summed E-state index contributed by atoms with van der Waals surface area (Å²) in [7, 11) is 1.66. The van der Waals surface area contributed by atoms with Crippen LogP contribution in [-0.2, 0) is 11.8 Å². The molecule has 0 aliphatic carbocycles. The predicted octanol–water partition coefficient (Wildman–Crippen LogP) is 2.45. The third kappa shape index (κ3) is 3.30. The van der Waals surface area contributed by atoms with Gasteiger partial charge in [0.05, 0.1) is 28.0 Å². The number of amides is 1. The van der Waals surface area contributed by atoms with Gasteiger partial charge < -0.3 is 5.32 Å². The molecule has 0 saturated carbocycles. The first-order chi connectivity index (χ1) is 11.6. The van der Waals surface area contributed by atoms with Crippen LogP contribution in [0.25, 0.3) is 10.9 Å². The first-order valence-corrected chi connectivity index (χ1v) is 8.27. The Bertz CT molecular complexity index is 940. The second-order valence-electron chi connectivity index (χ2n) is 5.27. The van der Waals surface area contributed by atoms with E-state index < -0.39 is 5.25 Å². The maximum Gasteiger partial charge on any atom is 0.261 e. The summed E-state index contributed by atoms with van der Waals surface area (Å²) in [4.78, 5) is 33.2. The molecule has 1 atom stereocenters. The predicted molar refractivity (Wildman–Crippen MR) is 95.2 cm³/mol. The van der Waals surface area contributed by atoms with E-state index in [0.29, 0.717) is 21.7 Å². The average Bonchev–Trinajstić information content (AvgIpc) is 2.60. The Hall–Kier alpha value is -2.67. The molecule has 2 heterocycles. The third-order valence-electron chi connectivity index (χ3n) is 3.52. The van der Waals surface area contributed by atoms with Gasteiger partial charge in [-0.25, -0.2) is 4.98 Å². The summed E-state index contributed by atoms with van der Waals surface area (Å²) in [5.74, 6) is -0.171. The van der Waals surface area contributed by atoms with Crippen molar-refractivity contribution in [1.29, 1.82) is 0 Å². The van der Waals surface area contributed by atoms with E-state index in [1.807, 2.05) is 12.1 Å². The molecule has 0 spiro atoms. The topological polar surface area (TPSA) is 76.9 Å². The van der Waals surface area contributed by atoms with Gasteiger partial charge in [0.1, 0.15) is 0 Å². The molecule has 2 aromatic heterocycles. The second kappa shape index (κ2) is 6.84. The first kappa shape index (κ1) is 16.2. The van der Waals surface area contributed by atoms with E-state index in [1.54, 1.807) is 50.6 Å². The smallest absolute Gasteiger partial charge is 0.261 e. The second-order valence-corrected chi connectivity index (χ2v) is 6.57. The molecule has 0 radical (unpaired) electrons. The van der Waals surface area contributed by atoms with Crippen LogP contribution >= 0.6 is 11.8 Å². The van der Waals surface area contributed by atoms with Gasteiger partial charge in [-0.05, 0) is 31.2 Å².